The molecule has 1 aliphatic carbocycles. The Morgan fingerprint density at radius 2 is 2.10 bits per heavy atom. The Labute approximate surface area is 130 Å². The summed E-state index contributed by atoms with van der Waals surface area (Å²) in [6.45, 7) is 2.56. The van der Waals surface area contributed by atoms with Crippen LogP contribution < -0.4 is 15.5 Å². The van der Waals surface area contributed by atoms with Crippen LogP contribution in [0.1, 0.15) is 32.6 Å². The molecule has 0 bridgehead atoms. The molecule has 1 saturated carbocycles. The zero-order valence-corrected chi connectivity index (χ0v) is 13.1. The molecule has 2 aliphatic rings. The number of fused-ring (bicyclic) bond motifs is 1. The smallest absolute Gasteiger partial charge is 0.244 e. The molecule has 0 saturated heterocycles. The molecule has 1 fully saturated rings. The summed E-state index contributed by atoms with van der Waals surface area (Å²) in [7, 11) is 0. The van der Waals surface area contributed by atoms with Gasteiger partial charge in [-0.2, -0.15) is 0 Å². The van der Waals surface area contributed by atoms with Gasteiger partial charge in [0.2, 0.25) is 5.91 Å². The molecule has 3 rings (SSSR count). The largest absolute Gasteiger partial charge is 0.359 e. The van der Waals surface area contributed by atoms with E-state index in [2.05, 4.69) is 17.6 Å². The number of thiocarbonyl (C=S) groups is 1. The highest BCUT2D eigenvalue weighted by Crippen LogP contribution is 2.30. The minimum atomic E-state index is -0.0189. The van der Waals surface area contributed by atoms with Gasteiger partial charge in [-0.1, -0.05) is 31.9 Å². The first kappa shape index (κ1) is 14.3. The van der Waals surface area contributed by atoms with E-state index in [1.54, 1.807) is 0 Å². The molecule has 2 atom stereocenters. The number of nitrogens with zero attached hydrogens (tertiary/aromatic N) is 1. The zero-order valence-electron chi connectivity index (χ0n) is 12.3. The van der Waals surface area contributed by atoms with Gasteiger partial charge in [-0.15, -0.1) is 0 Å². The predicted molar refractivity (Wildman–Crippen MR) is 89.6 cm³/mol. The Morgan fingerprint density at radius 1 is 1.33 bits per heavy atom. The van der Waals surface area contributed by atoms with E-state index >= 15 is 0 Å². The van der Waals surface area contributed by atoms with Crippen molar-refractivity contribution in [2.24, 2.45) is 5.92 Å². The zero-order chi connectivity index (χ0) is 14.8. The number of carbonyl (C=O) groups is 1. The molecule has 2 N–H and O–H groups in total. The number of hydrogen-bond acceptors (Lipinski definition) is 2. The Kier molecular flexibility index (Phi) is 4.10. The quantitative estimate of drug-likeness (QED) is 0.783. The van der Waals surface area contributed by atoms with Crippen LogP contribution in [0.15, 0.2) is 24.3 Å². The lowest BCUT2D eigenvalue weighted by Crippen LogP contribution is -2.51. The highest BCUT2D eigenvalue weighted by atomic mass is 32.1. The van der Waals surface area contributed by atoms with Crippen LogP contribution in [0.2, 0.25) is 0 Å². The number of amides is 1. The topological polar surface area (TPSA) is 44.4 Å². The SMILES string of the molecule is C[C@H]1CCCC[C@@H]1NC(=S)N1CC(=O)Nc2ccccc21. The van der Waals surface area contributed by atoms with Gasteiger partial charge in [-0.25, -0.2) is 0 Å². The Bertz CT molecular complexity index is 560. The lowest BCUT2D eigenvalue weighted by molar-refractivity contribution is -0.115. The van der Waals surface area contributed by atoms with Gasteiger partial charge in [-0.3, -0.25) is 4.79 Å². The van der Waals surface area contributed by atoms with E-state index < -0.39 is 0 Å². The molecule has 21 heavy (non-hydrogen) atoms. The van der Waals surface area contributed by atoms with Crippen molar-refractivity contribution in [3.8, 4) is 0 Å². The number of carbonyl (C=O) groups excluding carboxylic acids is 1. The molecular formula is C16H21N3OS. The maximum absolute atomic E-state index is 11.9. The predicted octanol–water partition coefficient (Wildman–Crippen LogP) is 2.90. The third kappa shape index (κ3) is 3.02. The first-order valence-corrected chi connectivity index (χ1v) is 8.03. The third-order valence-corrected chi connectivity index (χ3v) is 4.77. The third-order valence-electron chi connectivity index (χ3n) is 4.44. The van der Waals surface area contributed by atoms with Gasteiger partial charge in [0.1, 0.15) is 6.54 Å². The van der Waals surface area contributed by atoms with E-state index in [1.165, 1.54) is 19.3 Å². The normalized spacial score (nSPS) is 25.0. The molecule has 1 aromatic rings. The number of hydrogen-bond donors (Lipinski definition) is 2. The molecule has 0 aromatic heterocycles. The monoisotopic (exact) mass is 303 g/mol. The van der Waals surface area contributed by atoms with Crippen LogP contribution in [-0.2, 0) is 4.79 Å². The lowest BCUT2D eigenvalue weighted by atomic mass is 9.86. The van der Waals surface area contributed by atoms with E-state index in [0.717, 1.165) is 17.8 Å². The number of rotatable bonds is 1. The fraction of sp³-hybridized carbons (Fsp3) is 0.500. The summed E-state index contributed by atoms with van der Waals surface area (Å²) in [6, 6.07) is 8.21. The molecule has 5 heteroatoms. The van der Waals surface area contributed by atoms with Crippen LogP contribution in [0.4, 0.5) is 11.4 Å². The molecule has 1 amide bonds. The molecule has 4 nitrogen and oxygen atoms in total. The molecular weight excluding hydrogens is 282 g/mol. The number of anilines is 2. The average molecular weight is 303 g/mol. The Balaban J connectivity index is 1.77. The fourth-order valence-corrected chi connectivity index (χ4v) is 3.50. The molecule has 0 radical (unpaired) electrons. The van der Waals surface area contributed by atoms with Crippen molar-refractivity contribution >= 4 is 34.6 Å². The first-order valence-electron chi connectivity index (χ1n) is 7.62. The molecule has 112 valence electrons. The van der Waals surface area contributed by atoms with Crippen molar-refractivity contribution in [1.82, 2.24) is 5.32 Å². The van der Waals surface area contributed by atoms with E-state index in [4.69, 9.17) is 12.2 Å². The van der Waals surface area contributed by atoms with Crippen molar-refractivity contribution < 1.29 is 4.79 Å². The van der Waals surface area contributed by atoms with Gasteiger partial charge in [-0.05, 0) is 43.1 Å². The summed E-state index contributed by atoms with van der Waals surface area (Å²) in [5, 5.41) is 7.03. The summed E-state index contributed by atoms with van der Waals surface area (Å²) in [5.41, 5.74) is 1.80. The minimum Gasteiger partial charge on any atom is -0.359 e. The van der Waals surface area contributed by atoms with E-state index in [0.29, 0.717) is 17.1 Å². The fourth-order valence-electron chi connectivity index (χ4n) is 3.18. The van der Waals surface area contributed by atoms with Gasteiger partial charge >= 0.3 is 0 Å². The molecule has 1 heterocycles. The molecule has 1 aliphatic heterocycles. The Hall–Kier alpha value is -1.62. The van der Waals surface area contributed by atoms with Crippen molar-refractivity contribution in [3.63, 3.8) is 0 Å². The Morgan fingerprint density at radius 3 is 2.90 bits per heavy atom. The van der Waals surface area contributed by atoms with Crippen LogP contribution in [0.25, 0.3) is 0 Å². The molecule has 0 spiro atoms. The minimum absolute atomic E-state index is 0.0189. The van der Waals surface area contributed by atoms with Gasteiger partial charge < -0.3 is 15.5 Å². The van der Waals surface area contributed by atoms with Crippen LogP contribution in [0.5, 0.6) is 0 Å². The van der Waals surface area contributed by atoms with Crippen LogP contribution in [0.3, 0.4) is 0 Å². The highest BCUT2D eigenvalue weighted by molar-refractivity contribution is 7.80. The van der Waals surface area contributed by atoms with Crippen molar-refractivity contribution in [2.45, 2.75) is 38.6 Å². The van der Waals surface area contributed by atoms with E-state index in [9.17, 15) is 4.79 Å². The second kappa shape index (κ2) is 6.02. The van der Waals surface area contributed by atoms with Crippen molar-refractivity contribution in [3.05, 3.63) is 24.3 Å². The maximum Gasteiger partial charge on any atom is 0.244 e. The standard InChI is InChI=1S/C16H21N3OS/c1-11-6-2-3-7-12(11)18-16(21)19-10-15(20)17-13-8-4-5-9-14(13)19/h4-5,8-9,11-12H,2-3,6-7,10H2,1H3,(H,17,20)(H,18,21)/t11-,12-/m0/s1. The van der Waals surface area contributed by atoms with E-state index in [1.807, 2.05) is 29.2 Å². The number of benzene rings is 1. The maximum atomic E-state index is 11.9. The van der Waals surface area contributed by atoms with Crippen LogP contribution >= 0.6 is 12.2 Å². The highest BCUT2D eigenvalue weighted by Gasteiger charge is 2.28. The van der Waals surface area contributed by atoms with E-state index in [-0.39, 0.29) is 12.5 Å². The van der Waals surface area contributed by atoms with Gasteiger partial charge in [0.15, 0.2) is 5.11 Å². The van der Waals surface area contributed by atoms with Crippen molar-refractivity contribution in [2.75, 3.05) is 16.8 Å². The molecule has 1 aromatic carbocycles. The van der Waals surface area contributed by atoms with Crippen LogP contribution in [0, 0.1) is 5.92 Å². The van der Waals surface area contributed by atoms with Gasteiger partial charge in [0, 0.05) is 6.04 Å². The second-order valence-electron chi connectivity index (χ2n) is 5.97. The molecule has 0 unspecified atom stereocenters. The second-order valence-corrected chi connectivity index (χ2v) is 6.36. The summed E-state index contributed by atoms with van der Waals surface area (Å²) in [5.74, 6) is 0.611. The lowest BCUT2D eigenvalue weighted by Gasteiger charge is -2.36. The summed E-state index contributed by atoms with van der Waals surface area (Å²) in [6.07, 6.45) is 4.96. The van der Waals surface area contributed by atoms with Crippen LogP contribution in [-0.4, -0.2) is 23.6 Å². The van der Waals surface area contributed by atoms with Crippen molar-refractivity contribution in [1.29, 1.82) is 0 Å². The number of nitrogens with one attached hydrogen (secondary N) is 2. The summed E-state index contributed by atoms with van der Waals surface area (Å²) < 4.78 is 0. The summed E-state index contributed by atoms with van der Waals surface area (Å²) in [4.78, 5) is 13.8. The summed E-state index contributed by atoms with van der Waals surface area (Å²) >= 11 is 5.57. The average Bonchev–Trinajstić information content (AvgIpc) is 2.48. The van der Waals surface area contributed by atoms with Gasteiger partial charge in [0.05, 0.1) is 11.4 Å². The van der Waals surface area contributed by atoms with Gasteiger partial charge in [0.25, 0.3) is 0 Å². The number of para-hydroxylation sites is 2. The first-order chi connectivity index (χ1) is 10.1.